The van der Waals surface area contributed by atoms with Gasteiger partial charge >= 0.3 is 14.2 Å². The number of hydrogen-bond acceptors (Lipinski definition) is 9. The van der Waals surface area contributed by atoms with Crippen LogP contribution < -0.4 is 21.0 Å². The maximum absolute atomic E-state index is 14.6. The number of carbonyl (C=O) groups is 1. The van der Waals surface area contributed by atoms with Gasteiger partial charge in [0.05, 0.1) is 25.5 Å². The Hall–Kier alpha value is -3.16. The molecule has 1 aliphatic heterocycles. The van der Waals surface area contributed by atoms with Crippen molar-refractivity contribution in [3.8, 4) is 5.75 Å². The summed E-state index contributed by atoms with van der Waals surface area (Å²) >= 11 is 0. The van der Waals surface area contributed by atoms with Crippen LogP contribution in [0.15, 0.2) is 53.5 Å². The molecule has 3 aromatic rings. The summed E-state index contributed by atoms with van der Waals surface area (Å²) < 4.78 is 70.4. The van der Waals surface area contributed by atoms with Gasteiger partial charge in [-0.2, -0.15) is 4.98 Å². The summed E-state index contributed by atoms with van der Waals surface area (Å²) in [5.41, 5.74) is 4.44. The molecule has 0 amide bonds. The molecule has 3 N–H and O–H groups in total. The number of nitrogens with one attached hydrogen (secondary N) is 1. The molecule has 15 heteroatoms. The van der Waals surface area contributed by atoms with Crippen LogP contribution in [0, 0.1) is 5.82 Å². The number of ether oxygens (including phenoxy) is 2. The van der Waals surface area contributed by atoms with E-state index in [2.05, 4.69) is 10.1 Å². The molecule has 10 nitrogen and oxygen atoms in total. The minimum absolute atomic E-state index is 0.0323. The van der Waals surface area contributed by atoms with Crippen molar-refractivity contribution in [1.82, 2.24) is 14.6 Å². The number of nitrogens with two attached hydrogens (primary N) is 1. The molecule has 1 saturated heterocycles. The third-order valence-electron chi connectivity index (χ3n) is 5.47. The van der Waals surface area contributed by atoms with Crippen LogP contribution in [0.3, 0.4) is 0 Å². The highest BCUT2D eigenvalue weighted by molar-refractivity contribution is 7.45. The number of nitrogens with zero attached hydrogens (tertiary/aromatic N) is 2. The smallest absolute Gasteiger partial charge is 0.351 e. The zero-order valence-corrected chi connectivity index (χ0v) is 23.6. The topological polar surface area (TPSA) is 127 Å². The number of rotatable bonds is 10. The van der Waals surface area contributed by atoms with Crippen molar-refractivity contribution in [3.05, 3.63) is 65.0 Å². The maximum atomic E-state index is 14.6. The lowest BCUT2D eigenvalue weighted by atomic mass is 10.1. The Bertz CT molecular complexity index is 1280. The third-order valence-corrected chi connectivity index (χ3v) is 6.66. The van der Waals surface area contributed by atoms with Crippen LogP contribution in [0.1, 0.15) is 26.5 Å². The van der Waals surface area contributed by atoms with Gasteiger partial charge in [0.25, 0.3) is 0 Å². The first-order valence-electron chi connectivity index (χ1n) is 12.4. The highest BCUT2D eigenvalue weighted by Gasteiger charge is 2.38. The third kappa shape index (κ3) is 10.6. The minimum atomic E-state index is -1.82. The molecule has 4 rings (SSSR count). The second-order valence-corrected chi connectivity index (χ2v) is 9.85. The zero-order chi connectivity index (χ0) is 30.4. The zero-order valence-electron chi connectivity index (χ0n) is 22.7. The number of benzene rings is 2. The first kappa shape index (κ1) is 34.0. The van der Waals surface area contributed by atoms with E-state index >= 15 is 0 Å². The summed E-state index contributed by atoms with van der Waals surface area (Å²) in [6.45, 7) is 2.00. The largest absolute Gasteiger partial charge is 0.435 e. The molecule has 0 bridgehead atoms. The lowest BCUT2D eigenvalue weighted by Gasteiger charge is -2.21. The maximum Gasteiger partial charge on any atom is 0.351 e. The van der Waals surface area contributed by atoms with E-state index in [4.69, 9.17) is 24.3 Å². The van der Waals surface area contributed by atoms with Crippen LogP contribution in [-0.2, 0) is 18.8 Å². The molecular formula is C26H33F4N4O6P. The van der Waals surface area contributed by atoms with Crippen molar-refractivity contribution >= 4 is 31.4 Å². The van der Waals surface area contributed by atoms with Crippen LogP contribution >= 0.6 is 8.53 Å². The number of carbonyl (C=O) groups excluding carboxylic acids is 1. The Morgan fingerprint density at radius 3 is 2.56 bits per heavy atom. The van der Waals surface area contributed by atoms with Gasteiger partial charge in [-0.25, -0.2) is 27.4 Å². The van der Waals surface area contributed by atoms with Gasteiger partial charge < -0.3 is 29.0 Å². The first-order valence-corrected chi connectivity index (χ1v) is 13.6. The average molecular weight is 605 g/mol. The first-order chi connectivity index (χ1) is 19.6. The minimum Gasteiger partial charge on any atom is -0.435 e. The van der Waals surface area contributed by atoms with E-state index in [1.54, 1.807) is 13.2 Å². The molecule has 226 valence electrons. The SMILES string of the molecule is COC(C)C.FCF.Nc1nc(=O)n(C2CC(F)C(COP(NCC=O)Oc3cccc4ccccc34)O2)cc1F. The molecular weight excluding hydrogens is 571 g/mol. The van der Waals surface area contributed by atoms with E-state index < -0.39 is 51.3 Å². The van der Waals surface area contributed by atoms with Gasteiger partial charge in [-0.15, -0.1) is 0 Å². The van der Waals surface area contributed by atoms with Crippen molar-refractivity contribution < 1.29 is 40.9 Å². The Kier molecular flexibility index (Phi) is 14.6. The lowest BCUT2D eigenvalue weighted by Crippen LogP contribution is -2.29. The predicted molar refractivity (Wildman–Crippen MR) is 147 cm³/mol. The number of hydrogen-bond donors (Lipinski definition) is 2. The Morgan fingerprint density at radius 2 is 1.90 bits per heavy atom. The van der Waals surface area contributed by atoms with Crippen LogP contribution in [0.25, 0.3) is 10.8 Å². The second-order valence-electron chi connectivity index (χ2n) is 8.58. The monoisotopic (exact) mass is 604 g/mol. The molecule has 1 aliphatic rings. The number of nitrogen functional groups attached to an aromatic ring is 1. The molecule has 0 aliphatic carbocycles. The molecule has 1 fully saturated rings. The van der Waals surface area contributed by atoms with Gasteiger partial charge in [0.2, 0.25) is 6.93 Å². The Balaban J connectivity index is 0.000000653. The second kappa shape index (κ2) is 17.6. The van der Waals surface area contributed by atoms with Gasteiger partial charge in [0, 0.05) is 18.9 Å². The van der Waals surface area contributed by atoms with Crippen molar-refractivity contribution in [2.75, 3.05) is 32.9 Å². The summed E-state index contributed by atoms with van der Waals surface area (Å²) in [6, 6.07) is 13.1. The summed E-state index contributed by atoms with van der Waals surface area (Å²) in [5, 5.41) is 4.64. The Labute approximate surface area is 235 Å². The number of anilines is 1. The van der Waals surface area contributed by atoms with E-state index in [0.29, 0.717) is 18.1 Å². The Morgan fingerprint density at radius 1 is 1.24 bits per heavy atom. The van der Waals surface area contributed by atoms with E-state index in [-0.39, 0.29) is 19.6 Å². The molecule has 4 unspecified atom stereocenters. The number of methoxy groups -OCH3 is 1. The summed E-state index contributed by atoms with van der Waals surface area (Å²) in [7, 11) is -0.122. The molecule has 0 radical (unpaired) electrons. The molecule has 2 heterocycles. The molecule has 4 atom stereocenters. The van der Waals surface area contributed by atoms with Crippen molar-refractivity contribution in [2.24, 2.45) is 0 Å². The molecule has 1 aromatic heterocycles. The quantitative estimate of drug-likeness (QED) is 0.191. The van der Waals surface area contributed by atoms with E-state index in [1.165, 1.54) is 0 Å². The predicted octanol–water partition coefficient (Wildman–Crippen LogP) is 4.78. The fourth-order valence-corrected chi connectivity index (χ4v) is 4.45. The molecule has 2 aromatic carbocycles. The number of aromatic nitrogens is 2. The fourth-order valence-electron chi connectivity index (χ4n) is 3.40. The van der Waals surface area contributed by atoms with Gasteiger partial charge in [0.1, 0.15) is 30.5 Å². The lowest BCUT2D eigenvalue weighted by molar-refractivity contribution is -0.107. The number of alkyl halides is 3. The number of halogens is 4. The van der Waals surface area contributed by atoms with Gasteiger partial charge in [-0.1, -0.05) is 36.4 Å². The summed E-state index contributed by atoms with van der Waals surface area (Å²) in [5.74, 6) is -0.906. The number of aldehydes is 1. The van der Waals surface area contributed by atoms with E-state index in [0.717, 1.165) is 21.5 Å². The summed E-state index contributed by atoms with van der Waals surface area (Å²) in [6.07, 6.45) is -1.90. The fraction of sp³-hybridized carbons (Fsp3) is 0.423. The highest BCUT2D eigenvalue weighted by Crippen LogP contribution is 2.40. The van der Waals surface area contributed by atoms with E-state index in [1.807, 2.05) is 50.2 Å². The van der Waals surface area contributed by atoms with Crippen molar-refractivity contribution in [1.29, 1.82) is 0 Å². The highest BCUT2D eigenvalue weighted by atomic mass is 31.2. The van der Waals surface area contributed by atoms with Crippen LogP contribution in [0.5, 0.6) is 5.75 Å². The van der Waals surface area contributed by atoms with E-state index in [9.17, 15) is 27.2 Å². The number of fused-ring (bicyclic) bond motifs is 1. The van der Waals surface area contributed by atoms with Crippen LogP contribution in [0.4, 0.5) is 23.4 Å². The molecule has 0 saturated carbocycles. The van der Waals surface area contributed by atoms with Gasteiger partial charge in [-0.05, 0) is 25.3 Å². The average Bonchev–Trinajstić information content (AvgIpc) is 3.32. The van der Waals surface area contributed by atoms with Gasteiger partial charge in [-0.3, -0.25) is 4.57 Å². The van der Waals surface area contributed by atoms with Crippen molar-refractivity contribution in [3.63, 3.8) is 0 Å². The van der Waals surface area contributed by atoms with Crippen molar-refractivity contribution in [2.45, 2.75) is 44.9 Å². The van der Waals surface area contributed by atoms with Crippen LogP contribution in [-0.4, -0.2) is 61.4 Å². The normalized spacial score (nSPS) is 18.7. The van der Waals surface area contributed by atoms with Crippen LogP contribution in [0.2, 0.25) is 0 Å². The van der Waals surface area contributed by atoms with Gasteiger partial charge in [0.15, 0.2) is 11.6 Å². The molecule has 41 heavy (non-hydrogen) atoms. The standard InChI is InChI=1S/C21H21F2N4O5P.C4H10O.CH2F2/c22-15-10-19(27-11-16(23)20(24)26-21(27)29)31-18(15)12-30-33(25-8-9-28)32-17-7-3-5-13-4-1-2-6-14(13)17;1-4(2)5-3;2-1-3/h1-7,9,11,15,18-19,25H,8,10,12H2,(H2,24,26,29);4H,1-3H3;1H2. The summed E-state index contributed by atoms with van der Waals surface area (Å²) in [4.78, 5) is 26.2. The molecule has 0 spiro atoms.